The van der Waals surface area contributed by atoms with E-state index in [1.54, 1.807) is 11.3 Å². The van der Waals surface area contributed by atoms with Crippen molar-refractivity contribution in [1.29, 1.82) is 0 Å². The van der Waals surface area contributed by atoms with Gasteiger partial charge in [0.25, 0.3) is 0 Å². The van der Waals surface area contributed by atoms with Crippen LogP contribution in [0, 0.1) is 0 Å². The SMILES string of the molecule is OC1(CCc2scnc2C2CC2)CC1. The molecule has 2 saturated carbocycles. The highest BCUT2D eigenvalue weighted by molar-refractivity contribution is 7.09. The molecule has 3 heteroatoms. The van der Waals surface area contributed by atoms with Gasteiger partial charge >= 0.3 is 0 Å². The van der Waals surface area contributed by atoms with Crippen molar-refractivity contribution >= 4 is 11.3 Å². The third-order valence-electron chi connectivity index (χ3n) is 3.28. The van der Waals surface area contributed by atoms with Crippen LogP contribution in [0.4, 0.5) is 0 Å². The monoisotopic (exact) mass is 209 g/mol. The topological polar surface area (TPSA) is 33.1 Å². The summed E-state index contributed by atoms with van der Waals surface area (Å²) in [6.07, 6.45) is 6.62. The lowest BCUT2D eigenvalue weighted by Gasteiger charge is -2.06. The number of aryl methyl sites for hydroxylation is 1. The molecule has 2 aliphatic rings. The van der Waals surface area contributed by atoms with Crippen LogP contribution < -0.4 is 0 Å². The molecule has 0 bridgehead atoms. The lowest BCUT2D eigenvalue weighted by atomic mass is 10.1. The van der Waals surface area contributed by atoms with E-state index in [2.05, 4.69) is 4.98 Å². The molecule has 0 aliphatic heterocycles. The second kappa shape index (κ2) is 3.04. The molecule has 0 unspecified atom stereocenters. The molecular formula is C11H15NOS. The van der Waals surface area contributed by atoms with E-state index in [4.69, 9.17) is 0 Å². The average molecular weight is 209 g/mol. The van der Waals surface area contributed by atoms with Gasteiger partial charge in [-0.1, -0.05) is 0 Å². The van der Waals surface area contributed by atoms with Crippen molar-refractivity contribution in [1.82, 2.24) is 4.98 Å². The minimum absolute atomic E-state index is 0.301. The number of aliphatic hydroxyl groups is 1. The fraction of sp³-hybridized carbons (Fsp3) is 0.727. The normalized spacial score (nSPS) is 23.8. The lowest BCUT2D eigenvalue weighted by molar-refractivity contribution is 0.140. The summed E-state index contributed by atoms with van der Waals surface area (Å²) in [6.45, 7) is 0. The highest BCUT2D eigenvalue weighted by Crippen LogP contribution is 2.44. The van der Waals surface area contributed by atoms with Crippen LogP contribution >= 0.6 is 11.3 Å². The molecule has 0 saturated heterocycles. The summed E-state index contributed by atoms with van der Waals surface area (Å²) in [6, 6.07) is 0. The molecular weight excluding hydrogens is 194 g/mol. The highest BCUT2D eigenvalue weighted by atomic mass is 32.1. The first-order chi connectivity index (χ1) is 6.77. The van der Waals surface area contributed by atoms with Gasteiger partial charge in [0.05, 0.1) is 16.8 Å². The molecule has 1 heterocycles. The fourth-order valence-electron chi connectivity index (χ4n) is 1.90. The van der Waals surface area contributed by atoms with E-state index < -0.39 is 0 Å². The molecule has 1 aromatic rings. The van der Waals surface area contributed by atoms with E-state index in [0.29, 0.717) is 0 Å². The molecule has 1 aromatic heterocycles. The van der Waals surface area contributed by atoms with Crippen molar-refractivity contribution in [3.8, 4) is 0 Å². The van der Waals surface area contributed by atoms with Gasteiger partial charge in [-0.3, -0.25) is 0 Å². The molecule has 3 rings (SSSR count). The van der Waals surface area contributed by atoms with E-state index in [0.717, 1.165) is 31.6 Å². The summed E-state index contributed by atoms with van der Waals surface area (Å²) < 4.78 is 0. The number of rotatable bonds is 4. The summed E-state index contributed by atoms with van der Waals surface area (Å²) in [7, 11) is 0. The summed E-state index contributed by atoms with van der Waals surface area (Å²) in [4.78, 5) is 5.86. The van der Waals surface area contributed by atoms with Crippen molar-refractivity contribution in [2.24, 2.45) is 0 Å². The Hall–Kier alpha value is -0.410. The number of aromatic nitrogens is 1. The van der Waals surface area contributed by atoms with Crippen molar-refractivity contribution in [2.45, 2.75) is 50.0 Å². The Kier molecular flexibility index (Phi) is 1.92. The van der Waals surface area contributed by atoms with Crippen molar-refractivity contribution in [3.05, 3.63) is 16.1 Å². The highest BCUT2D eigenvalue weighted by Gasteiger charge is 2.40. The van der Waals surface area contributed by atoms with Gasteiger partial charge < -0.3 is 5.11 Å². The molecule has 2 aliphatic carbocycles. The maximum absolute atomic E-state index is 9.76. The predicted octanol–water partition coefficient (Wildman–Crippen LogP) is 2.48. The number of nitrogens with zero attached hydrogens (tertiary/aromatic N) is 1. The second-order valence-electron chi connectivity index (χ2n) is 4.66. The van der Waals surface area contributed by atoms with Crippen LogP contribution in [-0.4, -0.2) is 15.7 Å². The van der Waals surface area contributed by atoms with E-state index in [9.17, 15) is 5.11 Å². The molecule has 0 radical (unpaired) electrons. The number of thiazole rings is 1. The average Bonchev–Trinajstić information content (AvgIpc) is 3.08. The summed E-state index contributed by atoms with van der Waals surface area (Å²) in [5.41, 5.74) is 2.99. The van der Waals surface area contributed by atoms with Gasteiger partial charge in [0.15, 0.2) is 0 Å². The molecule has 14 heavy (non-hydrogen) atoms. The molecule has 2 nitrogen and oxygen atoms in total. The Labute approximate surface area is 88.0 Å². The van der Waals surface area contributed by atoms with Crippen molar-refractivity contribution in [2.75, 3.05) is 0 Å². The molecule has 0 atom stereocenters. The summed E-state index contributed by atoms with van der Waals surface area (Å²) in [5, 5.41) is 9.76. The minimum atomic E-state index is -0.301. The van der Waals surface area contributed by atoms with Crippen LogP contribution in [-0.2, 0) is 6.42 Å². The molecule has 76 valence electrons. The first kappa shape index (κ1) is 8.86. The van der Waals surface area contributed by atoms with Crippen LogP contribution in [0.25, 0.3) is 0 Å². The second-order valence-corrected chi connectivity index (χ2v) is 5.60. The zero-order chi connectivity index (χ0) is 9.60. The Morgan fingerprint density at radius 1 is 1.50 bits per heavy atom. The molecule has 1 N–H and O–H groups in total. The van der Waals surface area contributed by atoms with E-state index in [-0.39, 0.29) is 5.60 Å². The van der Waals surface area contributed by atoms with E-state index in [1.807, 2.05) is 5.51 Å². The van der Waals surface area contributed by atoms with Gasteiger partial charge in [-0.05, 0) is 38.5 Å². The van der Waals surface area contributed by atoms with Gasteiger partial charge in [0.1, 0.15) is 0 Å². The third kappa shape index (κ3) is 1.71. The van der Waals surface area contributed by atoms with Crippen LogP contribution in [0.5, 0.6) is 0 Å². The zero-order valence-corrected chi connectivity index (χ0v) is 9.02. The van der Waals surface area contributed by atoms with Crippen molar-refractivity contribution in [3.63, 3.8) is 0 Å². The van der Waals surface area contributed by atoms with Crippen molar-refractivity contribution < 1.29 is 5.11 Å². The summed E-state index contributed by atoms with van der Waals surface area (Å²) in [5.74, 6) is 0.755. The van der Waals surface area contributed by atoms with E-state index in [1.165, 1.54) is 23.4 Å². The van der Waals surface area contributed by atoms with Gasteiger partial charge in [-0.15, -0.1) is 11.3 Å². The van der Waals surface area contributed by atoms with Crippen LogP contribution in [0.2, 0.25) is 0 Å². The summed E-state index contributed by atoms with van der Waals surface area (Å²) >= 11 is 1.76. The maximum Gasteiger partial charge on any atom is 0.0797 e. The smallest absolute Gasteiger partial charge is 0.0797 e. The first-order valence-corrected chi connectivity index (χ1v) is 6.29. The Morgan fingerprint density at radius 3 is 2.93 bits per heavy atom. The van der Waals surface area contributed by atoms with Crippen LogP contribution in [0.1, 0.15) is 48.6 Å². The quantitative estimate of drug-likeness (QED) is 0.826. The molecule has 2 fully saturated rings. The molecule has 0 aromatic carbocycles. The molecule has 0 spiro atoms. The van der Waals surface area contributed by atoms with E-state index >= 15 is 0 Å². The Morgan fingerprint density at radius 2 is 2.29 bits per heavy atom. The number of hydrogen-bond acceptors (Lipinski definition) is 3. The van der Waals surface area contributed by atoms with Crippen LogP contribution in [0.15, 0.2) is 5.51 Å². The fourth-order valence-corrected chi connectivity index (χ4v) is 2.75. The van der Waals surface area contributed by atoms with Gasteiger partial charge in [-0.2, -0.15) is 0 Å². The van der Waals surface area contributed by atoms with Gasteiger partial charge in [0.2, 0.25) is 0 Å². The third-order valence-corrected chi connectivity index (χ3v) is 4.19. The zero-order valence-electron chi connectivity index (χ0n) is 8.20. The van der Waals surface area contributed by atoms with Crippen LogP contribution in [0.3, 0.4) is 0 Å². The maximum atomic E-state index is 9.76. The first-order valence-electron chi connectivity index (χ1n) is 5.41. The largest absolute Gasteiger partial charge is 0.390 e. The van der Waals surface area contributed by atoms with Gasteiger partial charge in [0, 0.05) is 10.8 Å². The van der Waals surface area contributed by atoms with Gasteiger partial charge in [-0.25, -0.2) is 4.98 Å². The minimum Gasteiger partial charge on any atom is -0.390 e. The lowest BCUT2D eigenvalue weighted by Crippen LogP contribution is -2.07. The number of hydrogen-bond donors (Lipinski definition) is 1. The Balaban J connectivity index is 1.66. The predicted molar refractivity (Wildman–Crippen MR) is 56.6 cm³/mol. The standard InChI is InChI=1S/C11H15NOS/c13-11(5-6-11)4-3-9-10(8-1-2-8)12-7-14-9/h7-8,13H,1-6H2. The molecule has 0 amide bonds. The Bertz CT molecular complexity index is 339.